The number of carbonyl (C=O) groups excluding carboxylic acids is 2. The maximum Gasteiger partial charge on any atom is 0.257 e. The van der Waals surface area contributed by atoms with Crippen LogP contribution in [-0.4, -0.2) is 36.4 Å². The number of pyridine rings is 1. The molecule has 33 heavy (non-hydrogen) atoms. The van der Waals surface area contributed by atoms with E-state index in [0.29, 0.717) is 12.1 Å². The summed E-state index contributed by atoms with van der Waals surface area (Å²) in [4.78, 5) is 34.2. The Bertz CT molecular complexity index is 1160. The molecule has 6 nitrogen and oxygen atoms in total. The zero-order valence-corrected chi connectivity index (χ0v) is 19.5. The summed E-state index contributed by atoms with van der Waals surface area (Å²) < 4.78 is 0. The first kappa shape index (κ1) is 22.5. The number of rotatable bonds is 7. The number of nitrogens with zero attached hydrogens (tertiary/aromatic N) is 3. The molecule has 170 valence electrons. The fourth-order valence-electron chi connectivity index (χ4n) is 4.35. The summed E-state index contributed by atoms with van der Waals surface area (Å²) in [6, 6.07) is 17.3. The largest absolute Gasteiger partial charge is 0.371 e. The third-order valence-corrected chi connectivity index (χ3v) is 6.09. The highest BCUT2D eigenvalue weighted by Crippen LogP contribution is 2.31. The molecule has 2 heterocycles. The predicted octanol–water partition coefficient (Wildman–Crippen LogP) is 4.62. The second kappa shape index (κ2) is 9.86. The van der Waals surface area contributed by atoms with Crippen LogP contribution in [0.2, 0.25) is 0 Å². The van der Waals surface area contributed by atoms with Crippen molar-refractivity contribution in [3.05, 3.63) is 83.2 Å². The van der Waals surface area contributed by atoms with Gasteiger partial charge in [-0.1, -0.05) is 12.1 Å². The van der Waals surface area contributed by atoms with Gasteiger partial charge in [0.25, 0.3) is 5.91 Å². The highest BCUT2D eigenvalue weighted by molar-refractivity contribution is 6.08. The molecule has 0 aliphatic carbocycles. The molecule has 1 aliphatic heterocycles. The van der Waals surface area contributed by atoms with E-state index in [1.54, 1.807) is 6.20 Å². The fraction of sp³-hybridized carbons (Fsp3) is 0.296. The van der Waals surface area contributed by atoms with E-state index < -0.39 is 0 Å². The normalized spacial score (nSPS) is 12.4. The molecule has 2 aromatic carbocycles. The highest BCUT2D eigenvalue weighted by atomic mass is 16.2. The van der Waals surface area contributed by atoms with Gasteiger partial charge in [-0.15, -0.1) is 0 Å². The smallest absolute Gasteiger partial charge is 0.257 e. The first-order valence-electron chi connectivity index (χ1n) is 11.5. The predicted molar refractivity (Wildman–Crippen MR) is 133 cm³/mol. The summed E-state index contributed by atoms with van der Waals surface area (Å²) in [5.41, 5.74) is 6.22. The van der Waals surface area contributed by atoms with Gasteiger partial charge in [0.1, 0.15) is 0 Å². The summed E-state index contributed by atoms with van der Waals surface area (Å²) in [7, 11) is 0. The van der Waals surface area contributed by atoms with Gasteiger partial charge in [-0.25, -0.2) is 0 Å². The molecule has 0 unspecified atom stereocenters. The lowest BCUT2D eigenvalue weighted by atomic mass is 10.1. The van der Waals surface area contributed by atoms with Crippen LogP contribution in [0, 0.1) is 6.92 Å². The second-order valence-electron chi connectivity index (χ2n) is 8.28. The molecule has 1 aromatic heterocycles. The zero-order chi connectivity index (χ0) is 23.4. The maximum absolute atomic E-state index is 13.1. The molecular formula is C27H30N4O2. The summed E-state index contributed by atoms with van der Waals surface area (Å²) in [5.74, 6) is -0.0920. The van der Waals surface area contributed by atoms with E-state index in [1.807, 2.05) is 60.4 Å². The van der Waals surface area contributed by atoms with Crippen LogP contribution in [0.3, 0.4) is 0 Å². The van der Waals surface area contributed by atoms with Gasteiger partial charge < -0.3 is 15.1 Å². The molecule has 0 saturated carbocycles. The molecule has 3 aromatic rings. The van der Waals surface area contributed by atoms with Gasteiger partial charge in [-0.05, 0) is 80.8 Å². The molecule has 0 fully saturated rings. The number of aryl methyl sites for hydroxylation is 1. The minimum Gasteiger partial charge on any atom is -0.371 e. The first-order chi connectivity index (χ1) is 16.0. The van der Waals surface area contributed by atoms with Crippen LogP contribution in [0.4, 0.5) is 17.1 Å². The van der Waals surface area contributed by atoms with Crippen molar-refractivity contribution in [2.45, 2.75) is 33.6 Å². The molecule has 6 heteroatoms. The molecule has 0 radical (unpaired) electrons. The number of nitrogens with one attached hydrogen (secondary N) is 1. The Morgan fingerprint density at radius 2 is 1.88 bits per heavy atom. The van der Waals surface area contributed by atoms with Crippen molar-refractivity contribution in [2.24, 2.45) is 0 Å². The number of fused-ring (bicyclic) bond motifs is 1. The third-order valence-electron chi connectivity index (χ3n) is 6.09. The molecule has 0 bridgehead atoms. The summed E-state index contributed by atoms with van der Waals surface area (Å²) >= 11 is 0. The topological polar surface area (TPSA) is 65.5 Å². The number of anilines is 3. The Labute approximate surface area is 195 Å². The molecular weight excluding hydrogens is 412 g/mol. The van der Waals surface area contributed by atoms with Gasteiger partial charge in [0.2, 0.25) is 5.91 Å². The van der Waals surface area contributed by atoms with E-state index in [0.717, 1.165) is 53.4 Å². The zero-order valence-electron chi connectivity index (χ0n) is 19.5. The van der Waals surface area contributed by atoms with Crippen LogP contribution >= 0.6 is 0 Å². The second-order valence-corrected chi connectivity index (χ2v) is 8.28. The monoisotopic (exact) mass is 442 g/mol. The van der Waals surface area contributed by atoms with E-state index in [-0.39, 0.29) is 18.2 Å². The van der Waals surface area contributed by atoms with Gasteiger partial charge in [0.05, 0.1) is 12.0 Å². The number of amides is 2. The lowest BCUT2D eigenvalue weighted by Crippen LogP contribution is -2.30. The molecule has 0 saturated heterocycles. The van der Waals surface area contributed by atoms with Crippen molar-refractivity contribution >= 4 is 28.9 Å². The van der Waals surface area contributed by atoms with Gasteiger partial charge in [-0.3, -0.25) is 14.6 Å². The van der Waals surface area contributed by atoms with Gasteiger partial charge >= 0.3 is 0 Å². The Kier molecular flexibility index (Phi) is 6.73. The molecule has 0 atom stereocenters. The molecule has 0 spiro atoms. The average Bonchev–Trinajstić information content (AvgIpc) is 3.24. The minimum absolute atomic E-state index is 0.0350. The van der Waals surface area contributed by atoms with Crippen molar-refractivity contribution in [1.82, 2.24) is 4.98 Å². The van der Waals surface area contributed by atoms with E-state index in [4.69, 9.17) is 0 Å². The fourth-order valence-corrected chi connectivity index (χ4v) is 4.35. The van der Waals surface area contributed by atoms with Crippen LogP contribution in [0.15, 0.2) is 60.8 Å². The number of aromatic nitrogens is 1. The quantitative estimate of drug-likeness (QED) is 0.580. The van der Waals surface area contributed by atoms with Crippen molar-refractivity contribution in [1.29, 1.82) is 0 Å². The van der Waals surface area contributed by atoms with Crippen molar-refractivity contribution in [2.75, 3.05) is 34.8 Å². The molecule has 4 rings (SSSR count). The molecule has 1 aliphatic rings. The standard InChI is InChI=1S/C27H30N4O2/c1-4-30(5-2)25-16-19(3)9-11-23(25)27(33)29-22-10-12-24-20(17-22)13-15-31(24)26(32)18-21-8-6-7-14-28-21/h6-12,14,16-17H,4-5,13,15,18H2,1-3H3,(H,29,33). The van der Waals surface area contributed by atoms with Crippen LogP contribution in [0.5, 0.6) is 0 Å². The van der Waals surface area contributed by atoms with Gasteiger partial charge in [0, 0.05) is 48.6 Å². The average molecular weight is 443 g/mol. The maximum atomic E-state index is 13.1. The number of benzene rings is 2. The minimum atomic E-state index is -0.127. The van der Waals surface area contributed by atoms with Crippen LogP contribution in [-0.2, 0) is 17.6 Å². The summed E-state index contributed by atoms with van der Waals surface area (Å²) in [6.45, 7) is 8.53. The van der Waals surface area contributed by atoms with Gasteiger partial charge in [-0.2, -0.15) is 0 Å². The Hall–Kier alpha value is -3.67. The lowest BCUT2D eigenvalue weighted by molar-refractivity contribution is -0.117. The number of hydrogen-bond donors (Lipinski definition) is 1. The lowest BCUT2D eigenvalue weighted by Gasteiger charge is -2.24. The Balaban J connectivity index is 1.50. The first-order valence-corrected chi connectivity index (χ1v) is 11.5. The SMILES string of the molecule is CCN(CC)c1cc(C)ccc1C(=O)Nc1ccc2c(c1)CCN2C(=O)Cc1ccccn1. The third kappa shape index (κ3) is 4.90. The Morgan fingerprint density at radius 3 is 2.61 bits per heavy atom. The highest BCUT2D eigenvalue weighted by Gasteiger charge is 2.25. The Morgan fingerprint density at radius 1 is 1.06 bits per heavy atom. The number of hydrogen-bond acceptors (Lipinski definition) is 4. The van der Waals surface area contributed by atoms with E-state index in [2.05, 4.69) is 35.1 Å². The van der Waals surface area contributed by atoms with Crippen LogP contribution in [0.25, 0.3) is 0 Å². The summed E-state index contributed by atoms with van der Waals surface area (Å²) in [5, 5.41) is 3.06. The van der Waals surface area contributed by atoms with Crippen LogP contribution in [0.1, 0.15) is 41.0 Å². The van der Waals surface area contributed by atoms with E-state index in [9.17, 15) is 9.59 Å². The van der Waals surface area contributed by atoms with Crippen LogP contribution < -0.4 is 15.1 Å². The molecule has 2 amide bonds. The van der Waals surface area contributed by atoms with Crippen molar-refractivity contribution in [3.8, 4) is 0 Å². The van der Waals surface area contributed by atoms with E-state index >= 15 is 0 Å². The molecule has 1 N–H and O–H groups in total. The van der Waals surface area contributed by atoms with Crippen molar-refractivity contribution < 1.29 is 9.59 Å². The number of carbonyl (C=O) groups is 2. The van der Waals surface area contributed by atoms with Gasteiger partial charge in [0.15, 0.2) is 0 Å². The summed E-state index contributed by atoms with van der Waals surface area (Å²) in [6.07, 6.45) is 2.75. The van der Waals surface area contributed by atoms with E-state index in [1.165, 1.54) is 0 Å². The van der Waals surface area contributed by atoms with Crippen molar-refractivity contribution in [3.63, 3.8) is 0 Å².